The van der Waals surface area contributed by atoms with Gasteiger partial charge in [-0.05, 0) is 49.4 Å². The molecule has 0 radical (unpaired) electrons. The number of anilines is 1. The highest BCUT2D eigenvalue weighted by molar-refractivity contribution is 7.92. The number of nitriles is 1. The van der Waals surface area contributed by atoms with Crippen molar-refractivity contribution >= 4 is 21.4 Å². The molecule has 0 saturated heterocycles. The maximum atomic E-state index is 13.0. The van der Waals surface area contributed by atoms with Gasteiger partial charge >= 0.3 is 6.18 Å². The number of carbonyl (C=O) groups excluding carboxylic acids is 1. The van der Waals surface area contributed by atoms with Gasteiger partial charge in [0, 0.05) is 5.69 Å². The van der Waals surface area contributed by atoms with Crippen molar-refractivity contribution < 1.29 is 35.9 Å². The number of benzene rings is 2. The van der Waals surface area contributed by atoms with Crippen molar-refractivity contribution in [3.8, 4) is 6.07 Å². The number of amides is 1. The van der Waals surface area contributed by atoms with E-state index in [0.717, 1.165) is 43.3 Å². The third-order valence-electron chi connectivity index (χ3n) is 3.92. The third-order valence-corrected chi connectivity index (χ3v) is 6.12. The van der Waals surface area contributed by atoms with Crippen LogP contribution in [0.1, 0.15) is 24.5 Å². The molecule has 0 aliphatic carbocycles. The number of alkyl halides is 3. The monoisotopic (exact) mass is 430 g/mol. The molecule has 6 nitrogen and oxygen atoms in total. The van der Waals surface area contributed by atoms with E-state index in [4.69, 9.17) is 5.26 Å². The Labute approximate surface area is 163 Å². The van der Waals surface area contributed by atoms with E-state index in [-0.39, 0.29) is 5.69 Å². The lowest BCUT2D eigenvalue weighted by Gasteiger charge is -2.23. The zero-order valence-electron chi connectivity index (χ0n) is 14.8. The van der Waals surface area contributed by atoms with Crippen LogP contribution >= 0.6 is 0 Å². The highest BCUT2D eigenvalue weighted by atomic mass is 32.2. The highest BCUT2D eigenvalue weighted by Crippen LogP contribution is 2.34. The predicted octanol–water partition coefficient (Wildman–Crippen LogP) is 3.23. The number of aliphatic hydroxyl groups is 1. The first-order valence-corrected chi connectivity index (χ1v) is 9.40. The lowest BCUT2D eigenvalue weighted by atomic mass is 10.1. The average Bonchev–Trinajstić information content (AvgIpc) is 2.60. The average molecular weight is 430 g/mol. The minimum Gasteiger partial charge on any atom is -0.374 e. The molecule has 0 saturated carbocycles. The molecule has 154 valence electrons. The van der Waals surface area contributed by atoms with Gasteiger partial charge in [0.15, 0.2) is 4.93 Å². The van der Waals surface area contributed by atoms with Gasteiger partial charge in [0.2, 0.25) is 15.7 Å². The summed E-state index contributed by atoms with van der Waals surface area (Å²) in [5, 5.41) is 21.1. The van der Waals surface area contributed by atoms with Gasteiger partial charge in [-0.3, -0.25) is 4.79 Å². The Bertz CT molecular complexity index is 1070. The van der Waals surface area contributed by atoms with Gasteiger partial charge in [0.25, 0.3) is 0 Å². The van der Waals surface area contributed by atoms with Gasteiger partial charge in [0.1, 0.15) is 5.82 Å². The number of sulfone groups is 1. The summed E-state index contributed by atoms with van der Waals surface area (Å²) in [6.45, 7) is 0.838. The summed E-state index contributed by atoms with van der Waals surface area (Å²) in [5.41, 5.74) is -2.26. The zero-order chi connectivity index (χ0) is 22.0. The van der Waals surface area contributed by atoms with E-state index in [0.29, 0.717) is 6.07 Å². The first-order chi connectivity index (χ1) is 13.3. The van der Waals surface area contributed by atoms with Gasteiger partial charge < -0.3 is 10.4 Å². The van der Waals surface area contributed by atoms with E-state index in [1.807, 2.05) is 0 Å². The number of hydrogen-bond donors (Lipinski definition) is 2. The van der Waals surface area contributed by atoms with Crippen LogP contribution in [-0.2, 0) is 20.8 Å². The molecule has 2 N–H and O–H groups in total. The standard InChI is InChI=1S/C18H14F4N2O4S/c1-17(26,29(27,28)14-6-3-12(19)4-7-14)9-16(25)24-13-5-2-11(10-23)15(8-13)18(20,21)22/h2-8,26H,9H2,1H3,(H,24,25). The van der Waals surface area contributed by atoms with Crippen LogP contribution in [0.3, 0.4) is 0 Å². The molecular weight excluding hydrogens is 416 g/mol. The second-order valence-electron chi connectivity index (χ2n) is 6.23. The summed E-state index contributed by atoms with van der Waals surface area (Å²) in [6, 6.07) is 7.34. The third kappa shape index (κ3) is 4.90. The number of rotatable bonds is 5. The Morgan fingerprint density at radius 3 is 2.28 bits per heavy atom. The summed E-state index contributed by atoms with van der Waals surface area (Å²) < 4.78 is 76.9. The maximum Gasteiger partial charge on any atom is 0.417 e. The lowest BCUT2D eigenvalue weighted by molar-refractivity contribution is -0.137. The topological polar surface area (TPSA) is 107 Å². The number of nitrogens with one attached hydrogen (secondary N) is 1. The van der Waals surface area contributed by atoms with Crippen LogP contribution in [0, 0.1) is 17.1 Å². The predicted molar refractivity (Wildman–Crippen MR) is 93.6 cm³/mol. The smallest absolute Gasteiger partial charge is 0.374 e. The van der Waals surface area contributed by atoms with Gasteiger partial charge in [-0.2, -0.15) is 18.4 Å². The quantitative estimate of drug-likeness (QED) is 0.560. The Balaban J connectivity index is 2.24. The summed E-state index contributed by atoms with van der Waals surface area (Å²) in [7, 11) is -4.48. The number of halogens is 4. The van der Waals surface area contributed by atoms with E-state index >= 15 is 0 Å². The van der Waals surface area contributed by atoms with E-state index in [9.17, 15) is 35.9 Å². The SMILES string of the molecule is CC(O)(CC(=O)Nc1ccc(C#N)c(C(F)(F)F)c1)S(=O)(=O)c1ccc(F)cc1. The molecule has 0 aliphatic rings. The van der Waals surface area contributed by atoms with E-state index in [1.165, 1.54) is 6.07 Å². The van der Waals surface area contributed by atoms with Crippen LogP contribution in [-0.4, -0.2) is 24.4 Å². The molecule has 1 atom stereocenters. The normalized spacial score (nSPS) is 14.0. The Morgan fingerprint density at radius 2 is 1.76 bits per heavy atom. The molecule has 2 rings (SSSR count). The molecule has 2 aromatic rings. The molecular formula is C18H14F4N2O4S. The second-order valence-corrected chi connectivity index (χ2v) is 8.59. The maximum absolute atomic E-state index is 13.0. The molecule has 2 aromatic carbocycles. The fourth-order valence-corrected chi connectivity index (χ4v) is 3.74. The van der Waals surface area contributed by atoms with Crippen LogP contribution in [0.5, 0.6) is 0 Å². The Morgan fingerprint density at radius 1 is 1.17 bits per heavy atom. The molecule has 0 aromatic heterocycles. The van der Waals surface area contributed by atoms with E-state index in [1.54, 1.807) is 0 Å². The molecule has 11 heteroatoms. The molecule has 29 heavy (non-hydrogen) atoms. The number of hydrogen-bond acceptors (Lipinski definition) is 5. The van der Waals surface area contributed by atoms with Gasteiger partial charge in [-0.25, -0.2) is 12.8 Å². The summed E-state index contributed by atoms with van der Waals surface area (Å²) in [4.78, 5) is 9.08. The Kier molecular flexibility index (Phi) is 6.01. The molecule has 1 unspecified atom stereocenters. The first kappa shape index (κ1) is 22.3. The number of nitrogens with zero attached hydrogens (tertiary/aromatic N) is 1. The lowest BCUT2D eigenvalue weighted by Crippen LogP contribution is -2.39. The van der Waals surface area contributed by atoms with Crippen molar-refractivity contribution in [1.82, 2.24) is 0 Å². The van der Waals surface area contributed by atoms with Crippen molar-refractivity contribution in [3.05, 3.63) is 59.4 Å². The van der Waals surface area contributed by atoms with Crippen molar-refractivity contribution in [2.75, 3.05) is 5.32 Å². The van der Waals surface area contributed by atoms with Crippen molar-refractivity contribution in [2.24, 2.45) is 0 Å². The fourth-order valence-electron chi connectivity index (χ4n) is 2.42. The number of carbonyl (C=O) groups is 1. The minimum absolute atomic E-state index is 0.337. The summed E-state index contributed by atoms with van der Waals surface area (Å²) in [5.74, 6) is -1.79. The van der Waals surface area contributed by atoms with Crippen LogP contribution in [0.15, 0.2) is 47.4 Å². The molecule has 0 bridgehead atoms. The van der Waals surface area contributed by atoms with Gasteiger partial charge in [-0.1, -0.05) is 0 Å². The van der Waals surface area contributed by atoms with Crippen molar-refractivity contribution in [3.63, 3.8) is 0 Å². The zero-order valence-corrected chi connectivity index (χ0v) is 15.6. The van der Waals surface area contributed by atoms with Crippen LogP contribution < -0.4 is 5.32 Å². The van der Waals surface area contributed by atoms with Crippen LogP contribution in [0.2, 0.25) is 0 Å². The second kappa shape index (κ2) is 7.81. The fraction of sp³-hybridized carbons (Fsp3) is 0.222. The van der Waals surface area contributed by atoms with Crippen LogP contribution in [0.4, 0.5) is 23.2 Å². The van der Waals surface area contributed by atoms with E-state index in [2.05, 4.69) is 5.32 Å². The summed E-state index contributed by atoms with van der Waals surface area (Å²) >= 11 is 0. The van der Waals surface area contributed by atoms with Crippen LogP contribution in [0.25, 0.3) is 0 Å². The summed E-state index contributed by atoms with van der Waals surface area (Å²) in [6.07, 6.45) is -5.85. The van der Waals surface area contributed by atoms with E-state index < -0.39 is 55.1 Å². The largest absolute Gasteiger partial charge is 0.417 e. The molecule has 0 spiro atoms. The van der Waals surface area contributed by atoms with Crippen molar-refractivity contribution in [1.29, 1.82) is 5.26 Å². The Hall–Kier alpha value is -2.97. The minimum atomic E-state index is -4.84. The molecule has 0 heterocycles. The molecule has 0 aliphatic heterocycles. The van der Waals surface area contributed by atoms with Crippen molar-refractivity contribution in [2.45, 2.75) is 29.3 Å². The highest BCUT2D eigenvalue weighted by Gasteiger charge is 2.40. The first-order valence-electron chi connectivity index (χ1n) is 7.92. The molecule has 0 fully saturated rings. The molecule has 1 amide bonds. The van der Waals surface area contributed by atoms with Gasteiger partial charge in [0.05, 0.1) is 28.5 Å². The van der Waals surface area contributed by atoms with Gasteiger partial charge in [-0.15, -0.1) is 0 Å².